The van der Waals surface area contributed by atoms with E-state index >= 15 is 0 Å². The van der Waals surface area contributed by atoms with Gasteiger partial charge >= 0.3 is 11.9 Å². The Labute approximate surface area is 213 Å². The van der Waals surface area contributed by atoms with Crippen molar-refractivity contribution in [1.29, 1.82) is 0 Å². The average Bonchev–Trinajstić information content (AvgIpc) is 3.15. The zero-order chi connectivity index (χ0) is 25.4. The van der Waals surface area contributed by atoms with Gasteiger partial charge in [-0.1, -0.05) is 65.5 Å². The van der Waals surface area contributed by atoms with Crippen LogP contribution in [-0.2, 0) is 14.3 Å². The van der Waals surface area contributed by atoms with Crippen molar-refractivity contribution in [2.45, 2.75) is 124 Å². The minimum Gasteiger partial charge on any atom is -0.481 e. The van der Waals surface area contributed by atoms with Crippen LogP contribution in [0.3, 0.4) is 0 Å². The lowest BCUT2D eigenvalue weighted by Crippen LogP contribution is -2.51. The van der Waals surface area contributed by atoms with Crippen LogP contribution in [0.4, 0.5) is 0 Å². The number of allylic oxidation sites excluding steroid dienone is 1. The molecule has 0 aromatic heterocycles. The molecule has 4 heteroatoms. The summed E-state index contributed by atoms with van der Waals surface area (Å²) >= 11 is 0. The fraction of sp³-hybridized carbons (Fsp3) is 0.871. The van der Waals surface area contributed by atoms with Gasteiger partial charge in [0.25, 0.3) is 0 Å². The Morgan fingerprint density at radius 3 is 2.51 bits per heavy atom. The number of carboxylic acid groups (broad SMARTS) is 1. The number of hydrogen-bond donors (Lipinski definition) is 1. The second-order valence-electron chi connectivity index (χ2n) is 13.5. The van der Waals surface area contributed by atoms with Crippen molar-refractivity contribution >= 4 is 11.9 Å². The Balaban J connectivity index is 1.40. The third kappa shape index (κ3) is 5.37. The van der Waals surface area contributed by atoms with E-state index in [1.807, 2.05) is 0 Å². The first-order valence-corrected chi connectivity index (χ1v) is 14.7. The molecule has 0 aromatic rings. The third-order valence-electron chi connectivity index (χ3n) is 11.1. The molecule has 8 atom stereocenters. The first kappa shape index (κ1) is 26.7. The number of aliphatic carboxylic acids is 1. The third-order valence-corrected chi connectivity index (χ3v) is 11.1. The van der Waals surface area contributed by atoms with Crippen LogP contribution in [0.5, 0.6) is 0 Å². The van der Waals surface area contributed by atoms with Gasteiger partial charge in [-0.15, -0.1) is 0 Å². The second kappa shape index (κ2) is 10.6. The highest BCUT2D eigenvalue weighted by Gasteiger charge is 2.59. The Kier molecular flexibility index (Phi) is 8.08. The van der Waals surface area contributed by atoms with Crippen molar-refractivity contribution < 1.29 is 19.4 Å². The fourth-order valence-electron chi connectivity index (χ4n) is 9.21. The van der Waals surface area contributed by atoms with Crippen LogP contribution in [0.15, 0.2) is 11.6 Å². The lowest BCUT2D eigenvalue weighted by Gasteiger charge is -2.58. The van der Waals surface area contributed by atoms with Crippen LogP contribution >= 0.6 is 0 Å². The summed E-state index contributed by atoms with van der Waals surface area (Å²) in [4.78, 5) is 22.9. The molecule has 0 heterocycles. The minimum absolute atomic E-state index is 0.0236. The number of carbonyl (C=O) groups excluding carboxylic acids is 1. The van der Waals surface area contributed by atoms with Crippen LogP contribution in [-0.4, -0.2) is 23.1 Å². The Hall–Kier alpha value is -1.32. The van der Waals surface area contributed by atoms with Gasteiger partial charge in [0.1, 0.15) is 6.10 Å². The van der Waals surface area contributed by atoms with Crippen LogP contribution in [0.1, 0.15) is 118 Å². The van der Waals surface area contributed by atoms with Crippen molar-refractivity contribution in [3.05, 3.63) is 11.6 Å². The molecule has 0 saturated heterocycles. The zero-order valence-corrected chi connectivity index (χ0v) is 23.0. The second-order valence-corrected chi connectivity index (χ2v) is 13.5. The van der Waals surface area contributed by atoms with Gasteiger partial charge in [-0.3, -0.25) is 9.59 Å². The number of carboxylic acids is 1. The summed E-state index contributed by atoms with van der Waals surface area (Å²) < 4.78 is 5.70. The predicted octanol–water partition coefficient (Wildman–Crippen LogP) is 7.80. The zero-order valence-electron chi connectivity index (χ0n) is 23.0. The molecule has 3 saturated carbocycles. The van der Waals surface area contributed by atoms with E-state index in [2.05, 4.69) is 40.7 Å². The van der Waals surface area contributed by atoms with Crippen LogP contribution in [0, 0.1) is 46.3 Å². The molecule has 3 fully saturated rings. The Morgan fingerprint density at radius 2 is 1.80 bits per heavy atom. The van der Waals surface area contributed by atoms with E-state index in [0.717, 1.165) is 54.8 Å². The summed E-state index contributed by atoms with van der Waals surface area (Å²) in [6.07, 6.45) is 16.0. The molecular weight excluding hydrogens is 436 g/mol. The Bertz CT molecular complexity index is 815. The number of rotatable bonds is 9. The highest BCUT2D eigenvalue weighted by atomic mass is 16.5. The van der Waals surface area contributed by atoms with Crippen LogP contribution in [0.2, 0.25) is 0 Å². The molecule has 0 amide bonds. The molecule has 4 aliphatic carbocycles. The molecule has 1 unspecified atom stereocenters. The maximum atomic E-state index is 12.1. The Morgan fingerprint density at radius 1 is 1.03 bits per heavy atom. The minimum atomic E-state index is -0.942. The lowest BCUT2D eigenvalue weighted by atomic mass is 9.47. The maximum absolute atomic E-state index is 12.1. The number of esters is 1. The summed E-state index contributed by atoms with van der Waals surface area (Å²) in [5.41, 5.74) is 2.27. The van der Waals surface area contributed by atoms with Gasteiger partial charge in [-0.2, -0.15) is 0 Å². The van der Waals surface area contributed by atoms with Gasteiger partial charge in [0.15, 0.2) is 0 Å². The highest BCUT2D eigenvalue weighted by Crippen LogP contribution is 2.67. The molecule has 198 valence electrons. The fourth-order valence-corrected chi connectivity index (χ4v) is 9.21. The van der Waals surface area contributed by atoms with Crippen molar-refractivity contribution in [3.8, 4) is 0 Å². The summed E-state index contributed by atoms with van der Waals surface area (Å²) in [6, 6.07) is 0. The van der Waals surface area contributed by atoms with Crippen molar-refractivity contribution in [1.82, 2.24) is 0 Å². The predicted molar refractivity (Wildman–Crippen MR) is 140 cm³/mol. The van der Waals surface area contributed by atoms with E-state index in [1.54, 1.807) is 0 Å². The average molecular weight is 487 g/mol. The van der Waals surface area contributed by atoms with Gasteiger partial charge < -0.3 is 9.84 Å². The number of ether oxygens (including phenoxy) is 1. The molecule has 0 spiro atoms. The van der Waals surface area contributed by atoms with E-state index < -0.39 is 5.97 Å². The molecule has 1 N–H and O–H groups in total. The first-order valence-electron chi connectivity index (χ1n) is 14.7. The highest BCUT2D eigenvalue weighted by molar-refractivity contribution is 5.76. The van der Waals surface area contributed by atoms with Gasteiger partial charge in [0.05, 0.1) is 12.8 Å². The molecule has 4 aliphatic rings. The van der Waals surface area contributed by atoms with E-state index in [-0.39, 0.29) is 30.3 Å². The molecule has 0 aliphatic heterocycles. The molecule has 35 heavy (non-hydrogen) atoms. The molecular formula is C31H50O4. The van der Waals surface area contributed by atoms with E-state index in [9.17, 15) is 9.59 Å². The molecule has 0 aromatic carbocycles. The van der Waals surface area contributed by atoms with E-state index in [1.165, 1.54) is 56.9 Å². The molecule has 4 nitrogen and oxygen atoms in total. The lowest BCUT2D eigenvalue weighted by molar-refractivity contribution is -0.154. The van der Waals surface area contributed by atoms with Crippen molar-refractivity contribution in [2.24, 2.45) is 46.3 Å². The smallest absolute Gasteiger partial charge is 0.306 e. The summed E-state index contributed by atoms with van der Waals surface area (Å²) in [7, 11) is 0. The van der Waals surface area contributed by atoms with Crippen molar-refractivity contribution in [2.75, 3.05) is 0 Å². The maximum Gasteiger partial charge on any atom is 0.306 e. The molecule has 0 radical (unpaired) electrons. The molecule has 4 rings (SSSR count). The largest absolute Gasteiger partial charge is 0.481 e. The van der Waals surface area contributed by atoms with Gasteiger partial charge in [-0.25, -0.2) is 0 Å². The first-order chi connectivity index (χ1) is 16.5. The normalized spacial score (nSPS) is 39.3. The summed E-state index contributed by atoms with van der Waals surface area (Å²) in [5, 5.41) is 8.84. The summed E-state index contributed by atoms with van der Waals surface area (Å²) in [5.74, 6) is 3.68. The van der Waals surface area contributed by atoms with E-state index in [0.29, 0.717) is 5.41 Å². The van der Waals surface area contributed by atoms with Crippen LogP contribution in [0.25, 0.3) is 0 Å². The number of carbonyl (C=O) groups is 2. The molecule has 0 bridgehead atoms. The van der Waals surface area contributed by atoms with Crippen LogP contribution < -0.4 is 0 Å². The van der Waals surface area contributed by atoms with Crippen molar-refractivity contribution in [3.63, 3.8) is 0 Å². The van der Waals surface area contributed by atoms with E-state index in [4.69, 9.17) is 9.84 Å². The van der Waals surface area contributed by atoms with Gasteiger partial charge in [-0.05, 0) is 91.3 Å². The summed E-state index contributed by atoms with van der Waals surface area (Å²) in [6.45, 7) is 12.4. The number of fused-ring (bicyclic) bond motifs is 5. The quantitative estimate of drug-likeness (QED) is 0.267. The number of hydrogen-bond acceptors (Lipinski definition) is 3. The SMILES string of the molecule is CC(C)CCCC(C)[C@H]1CC[C@H]2[C@@H]3CC=C4C[C@@H](OC(=O)CCC(=O)O)CC[C@]4(C)[C@H]3CC[C@]12C. The monoisotopic (exact) mass is 486 g/mol. The standard InChI is InChI=1S/C31H50O4/c1-20(2)7-6-8-21(3)25-11-12-26-24-10-9-22-19-23(35-29(34)14-13-28(32)33)15-17-30(22,4)27(24)16-18-31(25,26)5/h9,20-21,23-27H,6-8,10-19H2,1-5H3,(H,32,33)/t21?,23-,24-,25+,26-,27-,30-,31+/m0/s1. The van der Waals surface area contributed by atoms with Gasteiger partial charge in [0, 0.05) is 6.42 Å². The van der Waals surface area contributed by atoms with Gasteiger partial charge in [0.2, 0.25) is 0 Å². The topological polar surface area (TPSA) is 63.6 Å².